The first kappa shape index (κ1) is 17.1. The maximum Gasteiger partial charge on any atom is 0.471 e. The second-order valence-corrected chi connectivity index (χ2v) is 7.04. The van der Waals surface area contributed by atoms with Crippen molar-refractivity contribution in [1.29, 1.82) is 0 Å². The van der Waals surface area contributed by atoms with E-state index in [1.54, 1.807) is 0 Å². The van der Waals surface area contributed by atoms with Crippen LogP contribution in [0, 0.1) is 0 Å². The average molecular weight is 348 g/mol. The number of hydrogen-bond donors (Lipinski definition) is 0. The highest BCUT2D eigenvalue weighted by Gasteiger charge is 2.38. The van der Waals surface area contributed by atoms with Crippen LogP contribution in [-0.4, -0.2) is 36.4 Å². The van der Waals surface area contributed by atoms with Crippen molar-refractivity contribution in [2.45, 2.75) is 12.6 Å². The molecular formula is C13H11F3N2O4S. The van der Waals surface area contributed by atoms with Crippen LogP contribution in [0.1, 0.15) is 11.5 Å². The van der Waals surface area contributed by atoms with Crippen molar-refractivity contribution in [1.82, 2.24) is 10.1 Å². The monoisotopic (exact) mass is 348 g/mol. The van der Waals surface area contributed by atoms with Crippen molar-refractivity contribution in [2.24, 2.45) is 0 Å². The van der Waals surface area contributed by atoms with Crippen LogP contribution in [0.4, 0.5) is 13.2 Å². The molecule has 2 aromatic rings. The largest absolute Gasteiger partial charge is 0.471 e. The predicted octanol–water partition coefficient (Wildman–Crippen LogP) is 1.91. The van der Waals surface area contributed by atoms with E-state index < -0.39 is 33.4 Å². The topological polar surface area (TPSA) is 90.1 Å². The Labute approximate surface area is 129 Å². The maximum atomic E-state index is 12.4. The van der Waals surface area contributed by atoms with Gasteiger partial charge in [0.1, 0.15) is 5.75 Å². The van der Waals surface area contributed by atoms with Crippen LogP contribution in [0.5, 0.6) is 0 Å². The Bertz CT molecular complexity index is 810. The zero-order chi connectivity index (χ0) is 17.3. The molecule has 0 aliphatic carbocycles. The van der Waals surface area contributed by atoms with Gasteiger partial charge in [-0.2, -0.15) is 18.2 Å². The number of benzene rings is 1. The summed E-state index contributed by atoms with van der Waals surface area (Å²) in [6, 6.07) is 5.82. The molecule has 0 saturated heterocycles. The molecule has 6 nitrogen and oxygen atoms in total. The van der Waals surface area contributed by atoms with Crippen LogP contribution in [0.25, 0.3) is 11.4 Å². The first-order valence-electron chi connectivity index (χ1n) is 6.24. The van der Waals surface area contributed by atoms with Gasteiger partial charge in [-0.05, 0) is 5.56 Å². The Morgan fingerprint density at radius 3 is 2.30 bits per heavy atom. The summed E-state index contributed by atoms with van der Waals surface area (Å²) in [6.45, 7) is 0. The number of ketones is 1. The molecule has 0 fully saturated rings. The third-order valence-corrected chi connectivity index (χ3v) is 3.55. The summed E-state index contributed by atoms with van der Waals surface area (Å²) in [6.07, 6.45) is -3.85. The zero-order valence-electron chi connectivity index (χ0n) is 11.8. The number of hydrogen-bond acceptors (Lipinski definition) is 6. The van der Waals surface area contributed by atoms with E-state index in [2.05, 4.69) is 14.7 Å². The highest BCUT2D eigenvalue weighted by molar-refractivity contribution is 7.91. The van der Waals surface area contributed by atoms with Gasteiger partial charge in [0, 0.05) is 18.2 Å². The van der Waals surface area contributed by atoms with E-state index >= 15 is 0 Å². The van der Waals surface area contributed by atoms with Gasteiger partial charge in [-0.15, -0.1) is 0 Å². The molecule has 0 unspecified atom stereocenters. The Hall–Kier alpha value is -2.23. The highest BCUT2D eigenvalue weighted by atomic mass is 32.2. The molecule has 1 aromatic carbocycles. The second-order valence-electron chi connectivity index (χ2n) is 4.90. The summed E-state index contributed by atoms with van der Waals surface area (Å²) in [4.78, 5) is 14.8. The number of alkyl halides is 3. The smallest absolute Gasteiger partial charge is 0.329 e. The normalized spacial score (nSPS) is 12.3. The van der Waals surface area contributed by atoms with Crippen LogP contribution >= 0.6 is 0 Å². The van der Waals surface area contributed by atoms with Crippen molar-refractivity contribution in [2.75, 3.05) is 12.0 Å². The molecular weight excluding hydrogens is 337 g/mol. The van der Waals surface area contributed by atoms with Crippen LogP contribution in [0.3, 0.4) is 0 Å². The van der Waals surface area contributed by atoms with E-state index in [4.69, 9.17) is 0 Å². The number of sulfone groups is 1. The minimum atomic E-state index is -4.72. The lowest BCUT2D eigenvalue weighted by atomic mass is 10.1. The van der Waals surface area contributed by atoms with E-state index in [9.17, 15) is 26.4 Å². The van der Waals surface area contributed by atoms with E-state index in [-0.39, 0.29) is 17.8 Å². The van der Waals surface area contributed by atoms with Crippen LogP contribution in [0.15, 0.2) is 28.8 Å². The summed E-state index contributed by atoms with van der Waals surface area (Å²) < 4.78 is 63.3. The molecule has 0 spiro atoms. The Kier molecular flexibility index (Phi) is 4.55. The van der Waals surface area contributed by atoms with Crippen LogP contribution in [0.2, 0.25) is 0 Å². The van der Waals surface area contributed by atoms with Crippen LogP contribution in [-0.2, 0) is 27.2 Å². The fourth-order valence-electron chi connectivity index (χ4n) is 1.80. The molecule has 0 atom stereocenters. The highest BCUT2D eigenvalue weighted by Crippen LogP contribution is 2.29. The third-order valence-electron chi connectivity index (χ3n) is 2.71. The summed E-state index contributed by atoms with van der Waals surface area (Å²) >= 11 is 0. The van der Waals surface area contributed by atoms with Gasteiger partial charge >= 0.3 is 12.1 Å². The van der Waals surface area contributed by atoms with Gasteiger partial charge in [0.15, 0.2) is 15.6 Å². The lowest BCUT2D eigenvalue weighted by Gasteiger charge is -2.01. The number of carbonyl (C=O) groups is 1. The van der Waals surface area contributed by atoms with E-state index in [1.165, 1.54) is 24.3 Å². The minimum absolute atomic E-state index is 0.0899. The molecule has 124 valence electrons. The first-order valence-corrected chi connectivity index (χ1v) is 8.30. The minimum Gasteiger partial charge on any atom is -0.329 e. The summed E-state index contributed by atoms with van der Waals surface area (Å²) in [7, 11) is -3.39. The number of rotatable bonds is 5. The van der Waals surface area contributed by atoms with E-state index in [1.807, 2.05) is 0 Å². The van der Waals surface area contributed by atoms with Crippen LogP contribution < -0.4 is 0 Å². The van der Waals surface area contributed by atoms with Crippen molar-refractivity contribution < 1.29 is 30.9 Å². The van der Waals surface area contributed by atoms with Gasteiger partial charge in [-0.3, -0.25) is 4.79 Å². The number of carbonyl (C=O) groups excluding carboxylic acids is 1. The van der Waals surface area contributed by atoms with E-state index in [0.29, 0.717) is 5.56 Å². The molecule has 1 aromatic heterocycles. The molecule has 0 amide bonds. The molecule has 0 bridgehead atoms. The van der Waals surface area contributed by atoms with Gasteiger partial charge in [-0.25, -0.2) is 8.42 Å². The lowest BCUT2D eigenvalue weighted by Crippen LogP contribution is -2.16. The number of Topliss-reactive ketones (excluding diaryl/α,β-unsaturated/α-hetero) is 1. The van der Waals surface area contributed by atoms with E-state index in [0.717, 1.165) is 6.26 Å². The van der Waals surface area contributed by atoms with Gasteiger partial charge in [0.2, 0.25) is 5.82 Å². The fourth-order valence-corrected chi connectivity index (χ4v) is 2.49. The first-order chi connectivity index (χ1) is 10.5. The standard InChI is InChI=1S/C13H11F3N2O4S/c1-23(20,21)7-10(19)6-8-2-4-9(5-3-8)11-17-12(22-18-11)13(14,15)16/h2-5H,6-7H2,1H3. The van der Waals surface area contributed by atoms with Crippen molar-refractivity contribution in [3.05, 3.63) is 35.7 Å². The van der Waals surface area contributed by atoms with Gasteiger partial charge in [0.25, 0.3) is 0 Å². The molecule has 0 saturated carbocycles. The molecule has 0 radical (unpaired) electrons. The van der Waals surface area contributed by atoms with Gasteiger partial charge in [-0.1, -0.05) is 29.4 Å². The Balaban J connectivity index is 2.11. The number of nitrogens with zero attached hydrogens (tertiary/aromatic N) is 2. The molecule has 23 heavy (non-hydrogen) atoms. The Morgan fingerprint density at radius 2 is 1.83 bits per heavy atom. The quantitative estimate of drug-likeness (QED) is 0.820. The van der Waals surface area contributed by atoms with Crippen molar-refractivity contribution in [3.8, 4) is 11.4 Å². The summed E-state index contributed by atoms with van der Waals surface area (Å²) in [5.74, 6) is -2.71. The molecule has 2 rings (SSSR count). The summed E-state index contributed by atoms with van der Waals surface area (Å²) in [5, 5.41) is 3.24. The van der Waals surface area contributed by atoms with Gasteiger partial charge < -0.3 is 4.52 Å². The van der Waals surface area contributed by atoms with Crippen molar-refractivity contribution in [3.63, 3.8) is 0 Å². The van der Waals surface area contributed by atoms with Crippen molar-refractivity contribution >= 4 is 15.6 Å². The molecule has 10 heteroatoms. The third kappa shape index (κ3) is 4.88. The Morgan fingerprint density at radius 1 is 1.22 bits per heavy atom. The molecule has 0 aliphatic heterocycles. The number of halogens is 3. The van der Waals surface area contributed by atoms with Gasteiger partial charge in [0.05, 0.1) is 0 Å². The molecule has 0 N–H and O–H groups in total. The fraction of sp³-hybridized carbons (Fsp3) is 0.308. The molecule has 0 aliphatic rings. The number of aromatic nitrogens is 2. The SMILES string of the molecule is CS(=O)(=O)CC(=O)Cc1ccc(-c2noc(C(F)(F)F)n2)cc1. The maximum absolute atomic E-state index is 12.4. The lowest BCUT2D eigenvalue weighted by molar-refractivity contribution is -0.159. The summed E-state index contributed by atoms with van der Waals surface area (Å²) in [5.41, 5.74) is 0.811. The average Bonchev–Trinajstić information content (AvgIpc) is 2.86. The predicted molar refractivity (Wildman–Crippen MR) is 73.2 cm³/mol. The zero-order valence-corrected chi connectivity index (χ0v) is 12.6. The second kappa shape index (κ2) is 6.11. The molecule has 1 heterocycles.